The highest BCUT2D eigenvalue weighted by atomic mass is 16.5. The van der Waals surface area contributed by atoms with Gasteiger partial charge in [0.05, 0.1) is 6.61 Å². The van der Waals surface area contributed by atoms with Gasteiger partial charge in [0, 0.05) is 29.8 Å². The fourth-order valence-electron chi connectivity index (χ4n) is 2.01. The Hall–Kier alpha value is -2.17. The molecule has 2 heterocycles. The number of nitrogen functional groups attached to an aromatic ring is 1. The van der Waals surface area contributed by atoms with E-state index in [1.54, 1.807) is 6.07 Å². The molecule has 2 N–H and O–H groups in total. The molecule has 5 nitrogen and oxygen atoms in total. The van der Waals surface area contributed by atoms with E-state index in [0.29, 0.717) is 30.1 Å². The number of pyridine rings is 1. The summed E-state index contributed by atoms with van der Waals surface area (Å²) in [4.78, 5) is 12.2. The zero-order valence-electron chi connectivity index (χ0n) is 9.86. The van der Waals surface area contributed by atoms with Gasteiger partial charge in [0.2, 0.25) is 5.88 Å². The summed E-state index contributed by atoms with van der Waals surface area (Å²) in [6, 6.07) is 7.65. The molecule has 92 valence electrons. The molecule has 2 aromatic rings. The van der Waals surface area contributed by atoms with E-state index in [4.69, 9.17) is 10.5 Å². The number of aromatic nitrogens is 3. The van der Waals surface area contributed by atoms with E-state index in [1.807, 2.05) is 18.3 Å². The Morgan fingerprint density at radius 3 is 3.00 bits per heavy atom. The number of anilines is 1. The van der Waals surface area contributed by atoms with E-state index in [2.05, 4.69) is 21.0 Å². The summed E-state index contributed by atoms with van der Waals surface area (Å²) in [5, 5.41) is 0. The van der Waals surface area contributed by atoms with Crippen LogP contribution in [0.15, 0.2) is 36.8 Å². The summed E-state index contributed by atoms with van der Waals surface area (Å²) < 4.78 is 5.60. The van der Waals surface area contributed by atoms with Crippen LogP contribution in [0, 0.1) is 5.92 Å². The molecule has 2 aromatic heterocycles. The van der Waals surface area contributed by atoms with Gasteiger partial charge in [0.15, 0.2) is 0 Å². The topological polar surface area (TPSA) is 73.9 Å². The summed E-state index contributed by atoms with van der Waals surface area (Å²) >= 11 is 0. The molecule has 0 saturated heterocycles. The van der Waals surface area contributed by atoms with E-state index in [9.17, 15) is 0 Å². The summed E-state index contributed by atoms with van der Waals surface area (Å²) in [6.07, 6.45) is 4.36. The van der Waals surface area contributed by atoms with Crippen molar-refractivity contribution in [1.29, 1.82) is 0 Å². The molecular formula is C13H14N4O. The number of nitrogens with two attached hydrogens (primary N) is 1. The lowest BCUT2D eigenvalue weighted by molar-refractivity contribution is 0.285. The molecule has 18 heavy (non-hydrogen) atoms. The smallest absolute Gasteiger partial charge is 0.218 e. The fraction of sp³-hybridized carbons (Fsp3) is 0.308. The van der Waals surface area contributed by atoms with Crippen molar-refractivity contribution in [3.05, 3.63) is 42.5 Å². The predicted octanol–water partition coefficient (Wildman–Crippen LogP) is 1.64. The molecule has 2 unspecified atom stereocenters. The Kier molecular flexibility index (Phi) is 2.80. The molecule has 0 spiro atoms. The lowest BCUT2D eigenvalue weighted by Crippen LogP contribution is -2.03. The maximum atomic E-state index is 5.60. The number of nitrogens with zero attached hydrogens (tertiary/aromatic N) is 3. The van der Waals surface area contributed by atoms with Crippen molar-refractivity contribution >= 4 is 5.82 Å². The molecule has 1 aliphatic rings. The second-order valence-electron chi connectivity index (χ2n) is 4.45. The predicted molar refractivity (Wildman–Crippen MR) is 67.0 cm³/mol. The number of ether oxygens (including phenoxy) is 1. The van der Waals surface area contributed by atoms with Gasteiger partial charge in [-0.1, -0.05) is 6.07 Å². The van der Waals surface area contributed by atoms with Crippen LogP contribution in [0.5, 0.6) is 5.88 Å². The Morgan fingerprint density at radius 2 is 2.22 bits per heavy atom. The number of rotatable bonds is 4. The van der Waals surface area contributed by atoms with Crippen LogP contribution in [0.4, 0.5) is 5.82 Å². The average Bonchev–Trinajstić information content (AvgIpc) is 3.17. The molecule has 0 radical (unpaired) electrons. The van der Waals surface area contributed by atoms with Crippen LogP contribution in [0.3, 0.4) is 0 Å². The summed E-state index contributed by atoms with van der Waals surface area (Å²) in [5.74, 6) is 2.01. The lowest BCUT2D eigenvalue weighted by Gasteiger charge is -2.04. The molecule has 1 saturated carbocycles. The van der Waals surface area contributed by atoms with Gasteiger partial charge in [-0.05, 0) is 18.6 Å². The van der Waals surface area contributed by atoms with Crippen molar-refractivity contribution in [3.8, 4) is 5.88 Å². The van der Waals surface area contributed by atoms with Gasteiger partial charge in [0.25, 0.3) is 0 Å². The van der Waals surface area contributed by atoms with Crippen LogP contribution in [0.2, 0.25) is 0 Å². The molecule has 1 aliphatic carbocycles. The normalized spacial score (nSPS) is 21.6. The van der Waals surface area contributed by atoms with Crippen molar-refractivity contribution in [3.63, 3.8) is 0 Å². The summed E-state index contributed by atoms with van der Waals surface area (Å²) in [7, 11) is 0. The number of hydrogen-bond acceptors (Lipinski definition) is 5. The van der Waals surface area contributed by atoms with Crippen molar-refractivity contribution in [2.24, 2.45) is 5.92 Å². The third-order valence-electron chi connectivity index (χ3n) is 3.10. The van der Waals surface area contributed by atoms with Crippen LogP contribution in [-0.2, 0) is 0 Å². The van der Waals surface area contributed by atoms with Crippen LogP contribution < -0.4 is 10.5 Å². The zero-order chi connectivity index (χ0) is 12.4. The molecule has 0 aliphatic heterocycles. The SMILES string of the molecule is Nc1cc(OCC2CC2c2ccccn2)ncn1. The minimum atomic E-state index is 0.428. The van der Waals surface area contributed by atoms with Crippen molar-refractivity contribution < 1.29 is 4.74 Å². The minimum absolute atomic E-state index is 0.428. The first-order valence-corrected chi connectivity index (χ1v) is 5.94. The molecule has 1 fully saturated rings. The van der Waals surface area contributed by atoms with Crippen molar-refractivity contribution in [2.75, 3.05) is 12.3 Å². The second kappa shape index (κ2) is 4.60. The van der Waals surface area contributed by atoms with Crippen LogP contribution in [0.25, 0.3) is 0 Å². The Bertz CT molecular complexity index is 532. The first-order chi connectivity index (χ1) is 8.83. The van der Waals surface area contributed by atoms with Crippen LogP contribution in [0.1, 0.15) is 18.0 Å². The number of hydrogen-bond donors (Lipinski definition) is 1. The Labute approximate surface area is 105 Å². The molecular weight excluding hydrogens is 228 g/mol. The van der Waals surface area contributed by atoms with Gasteiger partial charge in [-0.25, -0.2) is 9.97 Å². The highest BCUT2D eigenvalue weighted by Crippen LogP contribution is 2.46. The van der Waals surface area contributed by atoms with Gasteiger partial charge >= 0.3 is 0 Å². The van der Waals surface area contributed by atoms with Crippen molar-refractivity contribution in [1.82, 2.24) is 15.0 Å². The van der Waals surface area contributed by atoms with Crippen LogP contribution >= 0.6 is 0 Å². The van der Waals surface area contributed by atoms with E-state index >= 15 is 0 Å². The lowest BCUT2D eigenvalue weighted by atomic mass is 10.2. The van der Waals surface area contributed by atoms with E-state index < -0.39 is 0 Å². The van der Waals surface area contributed by atoms with Gasteiger partial charge in [-0.2, -0.15) is 0 Å². The molecule has 0 amide bonds. The Morgan fingerprint density at radius 1 is 1.28 bits per heavy atom. The third-order valence-corrected chi connectivity index (χ3v) is 3.10. The molecule has 2 atom stereocenters. The van der Waals surface area contributed by atoms with E-state index in [0.717, 1.165) is 12.1 Å². The standard InChI is InChI=1S/C13H14N4O/c14-12-6-13(17-8-16-12)18-7-9-5-10(9)11-3-1-2-4-15-11/h1-4,6,8-10H,5,7H2,(H2,14,16,17). The Balaban J connectivity index is 1.55. The highest BCUT2D eigenvalue weighted by molar-refractivity contribution is 5.30. The quantitative estimate of drug-likeness (QED) is 0.882. The van der Waals surface area contributed by atoms with E-state index in [1.165, 1.54) is 6.33 Å². The minimum Gasteiger partial charge on any atom is -0.477 e. The molecule has 0 aromatic carbocycles. The maximum absolute atomic E-state index is 5.60. The van der Waals surface area contributed by atoms with Gasteiger partial charge in [-0.15, -0.1) is 0 Å². The second-order valence-corrected chi connectivity index (χ2v) is 4.45. The van der Waals surface area contributed by atoms with Gasteiger partial charge < -0.3 is 10.5 Å². The van der Waals surface area contributed by atoms with Crippen molar-refractivity contribution in [2.45, 2.75) is 12.3 Å². The van der Waals surface area contributed by atoms with Crippen LogP contribution in [-0.4, -0.2) is 21.6 Å². The van der Waals surface area contributed by atoms with Gasteiger partial charge in [0.1, 0.15) is 12.1 Å². The first kappa shape index (κ1) is 11.0. The fourth-order valence-corrected chi connectivity index (χ4v) is 2.01. The van der Waals surface area contributed by atoms with E-state index in [-0.39, 0.29) is 0 Å². The third kappa shape index (κ3) is 2.40. The molecule has 5 heteroatoms. The first-order valence-electron chi connectivity index (χ1n) is 5.94. The monoisotopic (exact) mass is 242 g/mol. The summed E-state index contributed by atoms with van der Waals surface area (Å²) in [6.45, 7) is 0.650. The average molecular weight is 242 g/mol. The highest BCUT2D eigenvalue weighted by Gasteiger charge is 2.39. The summed E-state index contributed by atoms with van der Waals surface area (Å²) in [5.41, 5.74) is 6.70. The zero-order valence-corrected chi connectivity index (χ0v) is 9.86. The molecule has 3 rings (SSSR count). The largest absolute Gasteiger partial charge is 0.477 e. The molecule has 0 bridgehead atoms. The maximum Gasteiger partial charge on any atom is 0.218 e. The van der Waals surface area contributed by atoms with Gasteiger partial charge in [-0.3, -0.25) is 4.98 Å².